The maximum atomic E-state index is 7.23. The zero-order chi connectivity index (χ0) is 58.0. The number of anilines is 4. The Morgan fingerprint density at radius 1 is 0.452 bits per heavy atom. The first-order valence-corrected chi connectivity index (χ1v) is 29.6. The summed E-state index contributed by atoms with van der Waals surface area (Å²) in [6, 6.07) is 82.9. The average molecular weight is 1280 g/mol. The summed E-state index contributed by atoms with van der Waals surface area (Å²) < 4.78 is 9.46. The Balaban J connectivity index is 0.00000736. The molecule has 0 amide bonds. The monoisotopic (exact) mass is 1280 g/mol. The van der Waals surface area contributed by atoms with Gasteiger partial charge in [-0.3, -0.25) is 0 Å². The maximum Gasteiger partial charge on any atom is 0.135 e. The average Bonchev–Trinajstić information content (AvgIpc) is 2.14. The van der Waals surface area contributed by atoms with Crippen molar-refractivity contribution in [2.45, 2.75) is 117 Å². The van der Waals surface area contributed by atoms with Gasteiger partial charge in [-0.05, 0) is 121 Å². The fourth-order valence-corrected chi connectivity index (χ4v) is 12.4. The van der Waals surface area contributed by atoms with Crippen LogP contribution in [0.5, 0.6) is 11.5 Å². The molecule has 3 heterocycles. The summed E-state index contributed by atoms with van der Waals surface area (Å²) >= 11 is 0. The summed E-state index contributed by atoms with van der Waals surface area (Å²) in [5, 5.41) is 2.20. The van der Waals surface area contributed by atoms with E-state index < -0.39 is 0 Å². The molecule has 12 rings (SSSR count). The first kappa shape index (κ1) is 57.8. The molecule has 0 unspecified atom stereocenters. The number of nitrogens with zero attached hydrogens (tertiary/aromatic N) is 4. The second-order valence-electron chi connectivity index (χ2n) is 25.2. The van der Waals surface area contributed by atoms with E-state index in [4.69, 9.17) is 9.72 Å². The van der Waals surface area contributed by atoms with E-state index in [1.54, 1.807) is 0 Å². The molecule has 0 atom stereocenters. The molecule has 6 heteroatoms. The van der Waals surface area contributed by atoms with E-state index in [2.05, 4.69) is 323 Å². The zero-order valence-corrected chi connectivity index (χ0v) is 52.8. The van der Waals surface area contributed by atoms with E-state index in [1.807, 2.05) is 6.20 Å². The summed E-state index contributed by atoms with van der Waals surface area (Å²) in [7, 11) is 0. The second kappa shape index (κ2) is 22.9. The molecule has 0 bridgehead atoms. The summed E-state index contributed by atoms with van der Waals surface area (Å²) in [6.07, 6.45) is 1.93. The summed E-state index contributed by atoms with van der Waals surface area (Å²) in [4.78, 5) is 9.78. The van der Waals surface area contributed by atoms with Crippen LogP contribution in [0.25, 0.3) is 38.8 Å². The second-order valence-corrected chi connectivity index (χ2v) is 25.2. The fraction of sp³-hybridized carbons (Fsp3) is 0.231. The van der Waals surface area contributed by atoms with E-state index >= 15 is 0 Å². The molecule has 0 saturated heterocycles. The van der Waals surface area contributed by atoms with Crippen LogP contribution in [0.1, 0.15) is 151 Å². The fourth-order valence-electron chi connectivity index (χ4n) is 12.4. The smallest absolute Gasteiger partial charge is 0.135 e. The zero-order valence-electron chi connectivity index (χ0n) is 50.5. The van der Waals surface area contributed by atoms with Crippen molar-refractivity contribution in [2.24, 2.45) is 0 Å². The molecular weight excluding hydrogens is 1200 g/mol. The van der Waals surface area contributed by atoms with Crippen molar-refractivity contribution in [3.63, 3.8) is 0 Å². The number of fused-ring (bicyclic) bond motifs is 4. The topological polar surface area (TPSA) is 33.5 Å². The molecule has 426 valence electrons. The minimum atomic E-state index is -0.303. The van der Waals surface area contributed by atoms with Crippen LogP contribution in [-0.4, -0.2) is 9.55 Å². The van der Waals surface area contributed by atoms with Crippen LogP contribution in [0.2, 0.25) is 0 Å². The van der Waals surface area contributed by atoms with Crippen LogP contribution in [0.3, 0.4) is 0 Å². The van der Waals surface area contributed by atoms with Gasteiger partial charge in [0.2, 0.25) is 0 Å². The molecule has 0 N–H and O–H groups in total. The minimum absolute atomic E-state index is 0. The molecule has 11 aromatic rings. The van der Waals surface area contributed by atoms with Crippen LogP contribution >= 0.6 is 0 Å². The molecule has 9 aromatic carbocycles. The molecule has 0 radical (unpaired) electrons. The van der Waals surface area contributed by atoms with Crippen LogP contribution in [0, 0.1) is 18.8 Å². The molecule has 0 spiro atoms. The maximum absolute atomic E-state index is 7.23. The Kier molecular flexibility index (Phi) is 15.8. The quantitative estimate of drug-likeness (QED) is 0.0958. The van der Waals surface area contributed by atoms with Crippen molar-refractivity contribution in [3.05, 3.63) is 281 Å². The van der Waals surface area contributed by atoms with Crippen LogP contribution in [-0.2, 0) is 37.3 Å². The van der Waals surface area contributed by atoms with Gasteiger partial charge in [0.05, 0.1) is 0 Å². The van der Waals surface area contributed by atoms with E-state index in [1.165, 1.54) is 55.6 Å². The normalized spacial score (nSPS) is 12.9. The molecular formula is C78H75N4OPt-3. The van der Waals surface area contributed by atoms with Gasteiger partial charge in [0.1, 0.15) is 5.82 Å². The van der Waals surface area contributed by atoms with Crippen molar-refractivity contribution < 1.29 is 25.8 Å². The van der Waals surface area contributed by atoms with Gasteiger partial charge in [0.25, 0.3) is 0 Å². The molecule has 2 aromatic heterocycles. The van der Waals surface area contributed by atoms with Gasteiger partial charge in [-0.2, -0.15) is 6.07 Å². The molecule has 0 saturated carbocycles. The van der Waals surface area contributed by atoms with Gasteiger partial charge in [-0.15, -0.1) is 53.6 Å². The number of pyridine rings is 1. The van der Waals surface area contributed by atoms with Gasteiger partial charge in [0.15, 0.2) is 0 Å². The van der Waals surface area contributed by atoms with Gasteiger partial charge >= 0.3 is 0 Å². The van der Waals surface area contributed by atoms with Crippen LogP contribution in [0.4, 0.5) is 22.7 Å². The Labute approximate surface area is 513 Å². The molecule has 0 aliphatic carbocycles. The molecule has 1 aliphatic heterocycles. The predicted octanol–water partition coefficient (Wildman–Crippen LogP) is 21.0. The number of hydrogen-bond donors (Lipinski definition) is 0. The molecule has 84 heavy (non-hydrogen) atoms. The summed E-state index contributed by atoms with van der Waals surface area (Å²) in [6.45, 7) is 30.0. The summed E-state index contributed by atoms with van der Waals surface area (Å²) in [5.74, 6) is 2.86. The third-order valence-electron chi connectivity index (χ3n) is 17.8. The Morgan fingerprint density at radius 2 is 1.02 bits per heavy atom. The van der Waals surface area contributed by atoms with Gasteiger partial charge in [0, 0.05) is 77.6 Å². The van der Waals surface area contributed by atoms with Gasteiger partial charge < -0.3 is 19.1 Å². The number of benzene rings is 9. The standard InChI is InChI=1S/C78H75N4O.Pt/c1-51(2)54-35-38-71-73(43-54)81(50-80(71)63-45-60(77(9,10)57-27-18-14-19-28-57)44-61(46-63)78(11,12)58-29-20-15-21-30-58)62-41-55(75-66(52(3)4)32-24-33-67(75)53(5)6)42-65(48-62)83-64-36-37-69-68-31-22-23-34-70(68)82(72(69)49-64)74-47-59(39-40-79-74)76(7,8)56-25-16-13-17-26-56;/h13-47,50-53H,1-12H3;/q-3;. The third kappa shape index (κ3) is 10.6. The van der Waals surface area contributed by atoms with Crippen molar-refractivity contribution in [1.29, 1.82) is 0 Å². The van der Waals surface area contributed by atoms with Crippen LogP contribution in [0.15, 0.2) is 212 Å². The Morgan fingerprint density at radius 3 is 1.61 bits per heavy atom. The van der Waals surface area contributed by atoms with Gasteiger partial charge in [-0.25, -0.2) is 4.98 Å². The number of rotatable bonds is 15. The first-order valence-electron chi connectivity index (χ1n) is 29.6. The molecule has 0 fully saturated rings. The number of para-hydroxylation sites is 1. The van der Waals surface area contributed by atoms with Gasteiger partial charge in [-0.1, -0.05) is 228 Å². The SMILES string of the molecule is CC(C)c1ccc2c(c1)N(c1[c-]c(Oc3[c-]c4c(cc3)c3ccccc3n4-c3cc(C(C)(C)c4ccccc4)ccn3)cc(-c3c(C(C)C)cccc3C(C)C)c1)[CH-]N2c1cc(C(C)(C)c2ccccc2)cc(C(C)(C)c2ccccc2)c1.[Pt]. The third-order valence-corrected chi connectivity index (χ3v) is 17.8. The number of hydrogen-bond acceptors (Lipinski definition) is 4. The molecule has 1 aliphatic rings. The van der Waals surface area contributed by atoms with E-state index in [9.17, 15) is 0 Å². The Hall–Kier alpha value is -7.98. The van der Waals surface area contributed by atoms with E-state index in [0.29, 0.717) is 17.4 Å². The largest absolute Gasteiger partial charge is 0.509 e. The number of ether oxygens (including phenoxy) is 1. The van der Waals surface area contributed by atoms with Crippen LogP contribution < -0.4 is 14.5 Å². The van der Waals surface area contributed by atoms with Crippen molar-refractivity contribution in [1.82, 2.24) is 9.55 Å². The van der Waals surface area contributed by atoms with Crippen molar-refractivity contribution >= 4 is 44.6 Å². The van der Waals surface area contributed by atoms with E-state index in [-0.39, 0.29) is 49.1 Å². The Bertz CT molecular complexity index is 4080. The molecule has 5 nitrogen and oxygen atoms in total. The summed E-state index contributed by atoms with van der Waals surface area (Å²) in [5.41, 5.74) is 18.8. The van der Waals surface area contributed by atoms with Crippen molar-refractivity contribution in [2.75, 3.05) is 9.80 Å². The first-order chi connectivity index (χ1) is 39.9. The predicted molar refractivity (Wildman–Crippen MR) is 348 cm³/mol. The van der Waals surface area contributed by atoms with E-state index in [0.717, 1.165) is 55.9 Å². The van der Waals surface area contributed by atoms with Crippen molar-refractivity contribution in [3.8, 4) is 28.4 Å². The minimum Gasteiger partial charge on any atom is -0.509 e. The number of aromatic nitrogens is 2.